The number of hydrogen-bond acceptors (Lipinski definition) is 5. The molecule has 0 saturated carbocycles. The van der Waals surface area contributed by atoms with Crippen molar-refractivity contribution in [2.45, 2.75) is 62.5 Å². The predicted molar refractivity (Wildman–Crippen MR) is 124 cm³/mol. The molecule has 2 aromatic carbocycles. The second-order valence-electron chi connectivity index (χ2n) is 9.92. The average Bonchev–Trinajstić information content (AvgIpc) is 2.88. The molecule has 0 aromatic heterocycles. The standard InChI is InChI=1S/C16H18F4O3.C11H10F4O2/c17-15(9-21-10-15)12-5-4-11(13(7-12)16(18,19)20)8-23-14-3-1-2-6-22-14;12-10(5-17-6-10)8-2-1-7(4-16)9(3-8)11(13,14)15/h4-5,7,14H,1-3,6,8-10H2;1-3,16H,4-6H2. The molecule has 40 heavy (non-hydrogen) atoms. The Morgan fingerprint density at radius 2 is 1.27 bits per heavy atom. The molecule has 0 radical (unpaired) electrons. The highest BCUT2D eigenvalue weighted by Crippen LogP contribution is 2.40. The van der Waals surface area contributed by atoms with Crippen molar-refractivity contribution in [1.82, 2.24) is 0 Å². The maximum Gasteiger partial charge on any atom is 0.416 e. The number of aliphatic hydroxyl groups excluding tert-OH is 1. The zero-order valence-electron chi connectivity index (χ0n) is 21.2. The fraction of sp³-hybridized carbons (Fsp3) is 0.556. The molecule has 5 nitrogen and oxygen atoms in total. The van der Waals surface area contributed by atoms with Crippen LogP contribution in [0, 0.1) is 0 Å². The van der Waals surface area contributed by atoms with Crippen LogP contribution in [0.15, 0.2) is 36.4 Å². The van der Waals surface area contributed by atoms with Crippen LogP contribution in [-0.2, 0) is 55.9 Å². The van der Waals surface area contributed by atoms with E-state index < -0.39 is 47.7 Å². The van der Waals surface area contributed by atoms with Gasteiger partial charge in [-0.3, -0.25) is 0 Å². The van der Waals surface area contributed by atoms with Crippen molar-refractivity contribution in [1.29, 1.82) is 0 Å². The minimum atomic E-state index is -4.60. The van der Waals surface area contributed by atoms with Gasteiger partial charge >= 0.3 is 12.4 Å². The van der Waals surface area contributed by atoms with Gasteiger partial charge in [-0.1, -0.05) is 24.3 Å². The monoisotopic (exact) mass is 584 g/mol. The van der Waals surface area contributed by atoms with Gasteiger partial charge in [0.2, 0.25) is 0 Å². The third-order valence-corrected chi connectivity index (χ3v) is 6.92. The van der Waals surface area contributed by atoms with Crippen LogP contribution < -0.4 is 0 Å². The number of ether oxygens (including phenoxy) is 4. The molecule has 2 aromatic rings. The molecular formula is C27H28F8O5. The topological polar surface area (TPSA) is 57.2 Å². The first-order chi connectivity index (χ1) is 18.7. The van der Waals surface area contributed by atoms with Crippen molar-refractivity contribution in [3.63, 3.8) is 0 Å². The van der Waals surface area contributed by atoms with Gasteiger partial charge in [0.1, 0.15) is 0 Å². The molecule has 3 aliphatic heterocycles. The minimum absolute atomic E-state index is 0.00580. The lowest BCUT2D eigenvalue weighted by Crippen LogP contribution is -2.42. The minimum Gasteiger partial charge on any atom is -0.392 e. The van der Waals surface area contributed by atoms with Gasteiger partial charge in [0, 0.05) is 6.61 Å². The van der Waals surface area contributed by atoms with Gasteiger partial charge in [0.25, 0.3) is 0 Å². The molecule has 0 spiro atoms. The zero-order valence-corrected chi connectivity index (χ0v) is 21.2. The molecule has 1 unspecified atom stereocenters. The largest absolute Gasteiger partial charge is 0.416 e. The molecule has 0 aliphatic carbocycles. The lowest BCUT2D eigenvalue weighted by molar-refractivity contribution is -0.172. The van der Waals surface area contributed by atoms with Crippen LogP contribution in [0.1, 0.15) is 52.6 Å². The zero-order chi connectivity index (χ0) is 29.2. The molecule has 0 bridgehead atoms. The number of halogens is 8. The first kappa shape index (κ1) is 30.6. The van der Waals surface area contributed by atoms with E-state index >= 15 is 0 Å². The molecule has 5 rings (SSSR count). The highest BCUT2D eigenvalue weighted by molar-refractivity contribution is 5.38. The van der Waals surface area contributed by atoms with E-state index in [1.165, 1.54) is 18.2 Å². The fourth-order valence-corrected chi connectivity index (χ4v) is 4.42. The quantitative estimate of drug-likeness (QED) is 0.402. The number of alkyl halides is 8. The molecular weight excluding hydrogens is 556 g/mol. The van der Waals surface area contributed by atoms with Gasteiger partial charge in [-0.25, -0.2) is 8.78 Å². The Kier molecular flexibility index (Phi) is 9.10. The van der Waals surface area contributed by atoms with Crippen LogP contribution in [0.25, 0.3) is 0 Å². The Morgan fingerprint density at radius 3 is 1.68 bits per heavy atom. The maximum absolute atomic E-state index is 14.3. The second kappa shape index (κ2) is 11.9. The Bertz CT molecular complexity index is 1150. The summed E-state index contributed by atoms with van der Waals surface area (Å²) in [6.07, 6.45) is -7.11. The molecule has 3 aliphatic rings. The number of hydrogen-bond donors (Lipinski definition) is 1. The van der Waals surface area contributed by atoms with Crippen LogP contribution in [0.5, 0.6) is 0 Å². The van der Waals surface area contributed by atoms with Crippen LogP contribution in [-0.4, -0.2) is 44.4 Å². The first-order valence-corrected chi connectivity index (χ1v) is 12.5. The SMILES string of the molecule is FC(F)(F)c1cc(C2(F)COC2)ccc1COC1CCCCO1.OCc1ccc(C2(F)COC2)cc1C(F)(F)F. The molecule has 3 fully saturated rings. The van der Waals surface area contributed by atoms with E-state index in [9.17, 15) is 35.1 Å². The summed E-state index contributed by atoms with van der Waals surface area (Å²) in [5, 5.41) is 8.83. The highest BCUT2D eigenvalue weighted by atomic mass is 19.4. The third kappa shape index (κ3) is 6.93. The van der Waals surface area contributed by atoms with Crippen molar-refractivity contribution < 1.29 is 59.2 Å². The molecule has 13 heteroatoms. The molecule has 3 heterocycles. The molecule has 1 atom stereocenters. The van der Waals surface area contributed by atoms with E-state index in [-0.39, 0.29) is 55.3 Å². The molecule has 1 N–H and O–H groups in total. The number of benzene rings is 2. The van der Waals surface area contributed by atoms with Crippen molar-refractivity contribution in [3.05, 3.63) is 69.8 Å². The highest BCUT2D eigenvalue weighted by Gasteiger charge is 2.44. The summed E-state index contributed by atoms with van der Waals surface area (Å²) in [4.78, 5) is 0. The smallest absolute Gasteiger partial charge is 0.392 e. The van der Waals surface area contributed by atoms with E-state index in [0.717, 1.165) is 31.0 Å². The Morgan fingerprint density at radius 1 is 0.775 bits per heavy atom. The number of aliphatic hydroxyl groups is 1. The van der Waals surface area contributed by atoms with Crippen molar-refractivity contribution in [3.8, 4) is 0 Å². The Labute approximate surface area is 225 Å². The number of rotatable bonds is 6. The summed E-state index contributed by atoms with van der Waals surface area (Å²) in [7, 11) is 0. The van der Waals surface area contributed by atoms with Gasteiger partial charge in [0.05, 0.1) is 50.8 Å². The van der Waals surface area contributed by atoms with Crippen molar-refractivity contribution in [2.24, 2.45) is 0 Å². The van der Waals surface area contributed by atoms with Gasteiger partial charge in [-0.2, -0.15) is 26.3 Å². The Hall–Kier alpha value is -2.32. The van der Waals surface area contributed by atoms with E-state index in [0.29, 0.717) is 13.0 Å². The van der Waals surface area contributed by atoms with Gasteiger partial charge < -0.3 is 24.1 Å². The van der Waals surface area contributed by atoms with Crippen LogP contribution >= 0.6 is 0 Å². The molecule has 222 valence electrons. The second-order valence-corrected chi connectivity index (χ2v) is 9.92. The predicted octanol–water partition coefficient (Wildman–Crippen LogP) is 6.34. The van der Waals surface area contributed by atoms with E-state index in [4.69, 9.17) is 19.3 Å². The normalized spacial score (nSPS) is 22.0. The lowest BCUT2D eigenvalue weighted by atomic mass is 9.91. The van der Waals surface area contributed by atoms with E-state index in [2.05, 4.69) is 4.74 Å². The van der Waals surface area contributed by atoms with Crippen molar-refractivity contribution in [2.75, 3.05) is 33.0 Å². The maximum atomic E-state index is 14.3. The summed E-state index contributed by atoms with van der Waals surface area (Å²) < 4.78 is 126. The van der Waals surface area contributed by atoms with Gasteiger partial charge in [-0.05, 0) is 53.6 Å². The summed E-state index contributed by atoms with van der Waals surface area (Å²) >= 11 is 0. The summed E-state index contributed by atoms with van der Waals surface area (Å²) in [6.45, 7) is -1.28. The molecule has 0 amide bonds. The van der Waals surface area contributed by atoms with Gasteiger partial charge in [0.15, 0.2) is 17.6 Å². The van der Waals surface area contributed by atoms with Crippen LogP contribution in [0.3, 0.4) is 0 Å². The summed E-state index contributed by atoms with van der Waals surface area (Å²) in [5.74, 6) is 0. The van der Waals surface area contributed by atoms with Crippen LogP contribution in [0.2, 0.25) is 0 Å². The molecule has 3 saturated heterocycles. The van der Waals surface area contributed by atoms with Crippen molar-refractivity contribution >= 4 is 0 Å². The van der Waals surface area contributed by atoms with Gasteiger partial charge in [-0.15, -0.1) is 0 Å². The fourth-order valence-electron chi connectivity index (χ4n) is 4.42. The summed E-state index contributed by atoms with van der Waals surface area (Å²) in [5.41, 5.74) is -5.87. The van der Waals surface area contributed by atoms with E-state index in [1.54, 1.807) is 0 Å². The lowest BCUT2D eigenvalue weighted by Gasteiger charge is -2.34. The average molecular weight is 585 g/mol. The summed E-state index contributed by atoms with van der Waals surface area (Å²) in [6, 6.07) is 6.61. The van der Waals surface area contributed by atoms with E-state index in [1.807, 2.05) is 0 Å². The first-order valence-electron chi connectivity index (χ1n) is 12.5. The Balaban J connectivity index is 0.000000194. The van der Waals surface area contributed by atoms with Crippen LogP contribution in [0.4, 0.5) is 35.1 Å². The third-order valence-electron chi connectivity index (χ3n) is 6.92.